The number of nitrogens with zero attached hydrogens (tertiary/aromatic N) is 4. The summed E-state index contributed by atoms with van der Waals surface area (Å²) in [6.07, 6.45) is 5.15. The normalized spacial score (nSPS) is 16.6. The average Bonchev–Trinajstić information content (AvgIpc) is 1.59. The molecule has 0 bridgehead atoms. The Hall–Kier alpha value is -9.67. The minimum atomic E-state index is -3.13. The molecule has 0 fully saturated rings. The Morgan fingerprint density at radius 1 is 0.489 bits per heavy atom. The number of fused-ring (bicyclic) bond motifs is 10. The molecular formula is C82H64N4OPt-2. The molecule has 0 atom stereocenters. The van der Waals surface area contributed by atoms with Gasteiger partial charge in [-0.25, -0.2) is 4.98 Å². The van der Waals surface area contributed by atoms with E-state index in [4.69, 9.17) is 17.9 Å². The van der Waals surface area contributed by atoms with Crippen molar-refractivity contribution < 1.29 is 67.4 Å². The number of aryl methyl sites for hydroxylation is 2. The fraction of sp³-hybridized carbons (Fsp3) is 0.122. The van der Waals surface area contributed by atoms with Gasteiger partial charge in [0.25, 0.3) is 6.33 Å². The van der Waals surface area contributed by atoms with Crippen molar-refractivity contribution >= 4 is 32.8 Å². The summed E-state index contributed by atoms with van der Waals surface area (Å²) >= 11 is 0. The maximum atomic E-state index is 10.5. The van der Waals surface area contributed by atoms with Gasteiger partial charge in [0, 0.05) is 52.5 Å². The summed E-state index contributed by atoms with van der Waals surface area (Å²) in [7, 11) is 0. The third-order valence-corrected chi connectivity index (χ3v) is 15.6. The Kier molecular flexibility index (Phi) is 8.34. The summed E-state index contributed by atoms with van der Waals surface area (Å²) in [6, 6.07) is 17.0. The molecule has 4 heterocycles. The minimum Gasteiger partial charge on any atom is -0.510 e. The second kappa shape index (κ2) is 21.9. The maximum Gasteiger partial charge on any atom is 0.268 e. The molecule has 15 rings (SSSR count). The predicted octanol–water partition coefficient (Wildman–Crippen LogP) is 20.8. The largest absolute Gasteiger partial charge is 0.510 e. The van der Waals surface area contributed by atoms with Crippen molar-refractivity contribution in [1.29, 1.82) is 0 Å². The van der Waals surface area contributed by atoms with Gasteiger partial charge >= 0.3 is 0 Å². The van der Waals surface area contributed by atoms with Crippen molar-refractivity contribution in [2.75, 3.05) is 0 Å². The van der Waals surface area contributed by atoms with E-state index in [1.807, 2.05) is 47.0 Å². The number of hydrogen-bond donors (Lipinski definition) is 0. The van der Waals surface area contributed by atoms with E-state index in [2.05, 4.69) is 39.2 Å². The number of ether oxygens (including phenoxy) is 1. The van der Waals surface area contributed by atoms with Crippen LogP contribution in [0.1, 0.15) is 101 Å². The third-order valence-electron chi connectivity index (χ3n) is 15.6. The third kappa shape index (κ3) is 9.79. The Morgan fingerprint density at radius 3 is 1.72 bits per heavy atom. The summed E-state index contributed by atoms with van der Waals surface area (Å²) in [5.74, 6) is 0.770. The maximum absolute atomic E-state index is 10.5. The molecule has 6 heteroatoms. The zero-order chi connectivity index (χ0) is 82.6. The Balaban J connectivity index is 0.0000109. The molecular weight excluding hydrogens is 1250 g/mol. The number of imidazole rings is 1. The van der Waals surface area contributed by atoms with Gasteiger partial charge in [-0.3, -0.25) is 4.57 Å². The molecule has 0 unspecified atom stereocenters. The summed E-state index contributed by atoms with van der Waals surface area (Å²) in [5.41, 5.74) is -7.65. The smallest absolute Gasteiger partial charge is 0.268 e. The van der Waals surface area contributed by atoms with E-state index in [0.717, 1.165) is 21.9 Å². The van der Waals surface area contributed by atoms with E-state index < -0.39 is 207 Å². The van der Waals surface area contributed by atoms with Crippen LogP contribution in [0.3, 0.4) is 0 Å². The zero-order valence-electron chi connectivity index (χ0n) is 75.0. The average molecular weight is 1340 g/mol. The van der Waals surface area contributed by atoms with Crippen LogP contribution in [0.5, 0.6) is 11.5 Å². The zero-order valence-corrected chi connectivity index (χ0v) is 50.3. The Morgan fingerprint density at radius 2 is 1.07 bits per heavy atom. The quantitative estimate of drug-likeness (QED) is 0.112. The number of benzene rings is 11. The number of hydrogen-bond acceptors (Lipinski definition) is 2. The van der Waals surface area contributed by atoms with E-state index in [0.29, 0.717) is 16.9 Å². The van der Waals surface area contributed by atoms with Crippen LogP contribution < -0.4 is 9.30 Å². The van der Waals surface area contributed by atoms with Gasteiger partial charge in [-0.2, -0.15) is 18.2 Å². The van der Waals surface area contributed by atoms with Crippen molar-refractivity contribution in [3.63, 3.8) is 0 Å². The van der Waals surface area contributed by atoms with Crippen molar-refractivity contribution in [2.45, 2.75) is 66.1 Å². The van der Waals surface area contributed by atoms with Crippen LogP contribution in [-0.2, 0) is 31.9 Å². The van der Waals surface area contributed by atoms with Crippen molar-refractivity contribution in [3.8, 4) is 107 Å². The second-order valence-corrected chi connectivity index (χ2v) is 23.2. The van der Waals surface area contributed by atoms with Gasteiger partial charge in [-0.15, -0.1) is 29.7 Å². The van der Waals surface area contributed by atoms with Gasteiger partial charge in [0.15, 0.2) is 0 Å². The van der Waals surface area contributed by atoms with Crippen molar-refractivity contribution in [1.82, 2.24) is 14.1 Å². The molecule has 1 aliphatic heterocycles. The van der Waals surface area contributed by atoms with Crippen LogP contribution in [0, 0.1) is 32.2 Å². The topological polar surface area (TPSA) is 35.9 Å². The summed E-state index contributed by atoms with van der Waals surface area (Å²) in [4.78, 5) is 4.83. The van der Waals surface area contributed by atoms with Crippen molar-refractivity contribution in [2.24, 2.45) is 0 Å². The van der Waals surface area contributed by atoms with E-state index in [9.17, 15) is 28.8 Å². The summed E-state index contributed by atoms with van der Waals surface area (Å²) in [5, 5.41) is 1.68. The molecule has 0 aliphatic carbocycles. The first-order chi connectivity index (χ1) is 53.4. The Bertz CT molecular complexity index is 6420. The Labute approximate surface area is 568 Å². The standard InChI is InChI=1S/C82H64N4O.Pt/c1-52-23-21-24-53(2)78(52)73-47-61(82(6,7)8)46-72-68-34-18-16-32-66(68)65-31-15-17-33-67(65)71-44-59(58-42-56(54-25-11-9-12-26-54)41-57(43-58)55-27-13-10-14-28-55)45-76-80(71)85(79(72)73)51-84(76)62-29-22-30-63(49-62)87-64-37-38-70-69-35-19-20-36-74(69)86(75(70)50-64)77-48-60(39-40-83-77)81(3,4)5;/h9-48H,1-8H3;/q-2;/i1D3,2D3,9D,10D,11D,12D,13D,14D,15D,16D,17D,18D,25D,26D,27D,28D,31D,32D,33D,34D,41D,42D,43D;. The van der Waals surface area contributed by atoms with Crippen LogP contribution in [0.15, 0.2) is 242 Å². The first-order valence-electron chi connectivity index (χ1n) is 41.4. The number of rotatable bonds is 8. The molecule has 88 heavy (non-hydrogen) atoms. The monoisotopic (exact) mass is 1340 g/mol. The van der Waals surface area contributed by atoms with E-state index in [-0.39, 0.29) is 88.2 Å². The summed E-state index contributed by atoms with van der Waals surface area (Å²) < 4.78 is 266. The molecule has 3 aromatic heterocycles. The van der Waals surface area contributed by atoms with E-state index in [1.165, 1.54) is 39.5 Å². The molecule has 0 radical (unpaired) electrons. The van der Waals surface area contributed by atoms with E-state index in [1.54, 1.807) is 63.4 Å². The second-order valence-electron chi connectivity index (χ2n) is 23.2. The fourth-order valence-corrected chi connectivity index (χ4v) is 11.4. The van der Waals surface area contributed by atoms with Crippen LogP contribution >= 0.6 is 0 Å². The predicted molar refractivity (Wildman–Crippen MR) is 358 cm³/mol. The molecule has 5 nitrogen and oxygen atoms in total. The van der Waals surface area contributed by atoms with Gasteiger partial charge < -0.3 is 13.9 Å². The van der Waals surface area contributed by atoms with E-state index >= 15 is 0 Å². The van der Waals surface area contributed by atoms with Gasteiger partial charge in [0.1, 0.15) is 5.82 Å². The first-order valence-corrected chi connectivity index (χ1v) is 27.9. The molecule has 0 saturated heterocycles. The minimum absolute atomic E-state index is 0. The van der Waals surface area contributed by atoms with Gasteiger partial charge in [0.2, 0.25) is 0 Å². The number of aromatic nitrogens is 4. The van der Waals surface area contributed by atoms with Crippen molar-refractivity contribution in [3.05, 3.63) is 283 Å². The first kappa shape index (κ1) is 33.5. The van der Waals surface area contributed by atoms with Gasteiger partial charge in [-0.05, 0) is 178 Å². The fourth-order valence-electron chi connectivity index (χ4n) is 11.4. The molecule has 1 aliphatic rings. The molecule has 14 aromatic rings. The molecule has 0 saturated carbocycles. The van der Waals surface area contributed by atoms with Gasteiger partial charge in [0.05, 0.1) is 45.5 Å². The molecule has 0 N–H and O–H groups in total. The molecule has 430 valence electrons. The van der Waals surface area contributed by atoms with Crippen LogP contribution in [-0.4, -0.2) is 14.1 Å². The number of para-hydroxylation sites is 1. The number of pyridine rings is 1. The van der Waals surface area contributed by atoms with Gasteiger partial charge in [-0.1, -0.05) is 210 Å². The molecule has 0 spiro atoms. The summed E-state index contributed by atoms with van der Waals surface area (Å²) in [6.45, 7) is 5.38. The molecule has 11 aromatic carbocycles. The molecule has 0 amide bonds. The SMILES string of the molecule is [2H]c1c([2H])c([2H])c(-c2c([2H])c(-c3cc4c5c(c3)n(-c3[c-]c(Oc6[c-]c7c(cc6)c6ccccc6n7-c6cc(C(C)(C)C)ccn6)ccc3)[c-][n+]5-c3c(-c5c(C([2H])([2H])[2H])cccc5C([2H])([2H])[2H])cc(C(C)(C)C)cc3-c3c([2H])c([2H])c([2H])c([2H])c3-c3c([2H])c([2H])c([2H])c([2H])c3-4)c([2H])c(-c3c([2H])c([2H])c([2H])c([2H])c3[2H])c2[2H])c([2H])c1[2H].[Pt]. The van der Waals surface area contributed by atoms with Crippen LogP contribution in [0.2, 0.25) is 0 Å². The van der Waals surface area contributed by atoms with Crippen LogP contribution in [0.25, 0.3) is 128 Å². The van der Waals surface area contributed by atoms with Crippen LogP contribution in [0.4, 0.5) is 0 Å².